The van der Waals surface area contributed by atoms with E-state index in [1.165, 1.54) is 6.92 Å². The summed E-state index contributed by atoms with van der Waals surface area (Å²) >= 11 is 1.98. The lowest BCUT2D eigenvalue weighted by Gasteiger charge is -2.14. The minimum atomic E-state index is -3.48. The van der Waals surface area contributed by atoms with Crippen molar-refractivity contribution in [1.82, 2.24) is 5.09 Å². The maximum absolute atomic E-state index is 11.7. The quantitative estimate of drug-likeness (QED) is 0.560. The first-order valence-electron chi connectivity index (χ1n) is 4.05. The van der Waals surface area contributed by atoms with Crippen LogP contribution in [0.3, 0.4) is 0 Å². The van der Waals surface area contributed by atoms with E-state index in [4.69, 9.17) is 7.94 Å². The summed E-state index contributed by atoms with van der Waals surface area (Å²) in [5.74, 6) is 0.815. The summed E-state index contributed by atoms with van der Waals surface area (Å²) < 4.78 is 21.5. The highest BCUT2D eigenvalue weighted by Gasteiger charge is 2.27. The van der Waals surface area contributed by atoms with Gasteiger partial charge in [0.2, 0.25) is 5.91 Å². The molecule has 0 bridgehead atoms. The third kappa shape index (κ3) is 6.73. The molecule has 8 heteroatoms. The zero-order chi connectivity index (χ0) is 11.0. The van der Waals surface area contributed by atoms with E-state index in [9.17, 15) is 9.36 Å². The standard InChI is InChI=1S/C6H14NO4PS2/c1-4-13-10-12(9,7-6(3)8)11-14-5-2/h4-5H2,1-3H3,(H,7,8,9). The molecule has 0 aliphatic rings. The van der Waals surface area contributed by atoms with Crippen molar-refractivity contribution in [2.45, 2.75) is 20.8 Å². The van der Waals surface area contributed by atoms with Crippen molar-refractivity contribution in [3.05, 3.63) is 0 Å². The SMILES string of the molecule is CCSOP(=O)(NC(C)=O)OSCC. The van der Waals surface area contributed by atoms with Crippen LogP contribution in [0.4, 0.5) is 0 Å². The third-order valence-electron chi connectivity index (χ3n) is 0.832. The van der Waals surface area contributed by atoms with Gasteiger partial charge in [-0.05, 0) is 0 Å². The molecule has 0 heterocycles. The molecular formula is C6H14NO4PS2. The van der Waals surface area contributed by atoms with Crippen LogP contribution < -0.4 is 5.09 Å². The Bertz CT molecular complexity index is 214. The molecule has 0 rings (SSSR count). The van der Waals surface area contributed by atoms with Gasteiger partial charge in [0, 0.05) is 42.5 Å². The fourth-order valence-electron chi connectivity index (χ4n) is 0.487. The smallest absolute Gasteiger partial charge is 0.275 e. The molecule has 0 saturated carbocycles. The molecule has 84 valence electrons. The number of carbonyl (C=O) groups is 1. The average molecular weight is 259 g/mol. The maximum Gasteiger partial charge on any atom is 0.457 e. The van der Waals surface area contributed by atoms with Crippen LogP contribution in [-0.4, -0.2) is 17.4 Å². The number of rotatable bonds is 7. The monoisotopic (exact) mass is 259 g/mol. The molecule has 0 spiro atoms. The second kappa shape index (κ2) is 7.59. The fourth-order valence-corrected chi connectivity index (χ4v) is 3.45. The number of hydrogen-bond donors (Lipinski definition) is 1. The summed E-state index contributed by atoms with van der Waals surface area (Å²) in [6.45, 7) is 4.94. The minimum absolute atomic E-state index is 0.443. The van der Waals surface area contributed by atoms with Crippen molar-refractivity contribution in [3.8, 4) is 0 Å². The van der Waals surface area contributed by atoms with Crippen LogP contribution in [0.15, 0.2) is 0 Å². The minimum Gasteiger partial charge on any atom is -0.275 e. The molecule has 0 radical (unpaired) electrons. The molecular weight excluding hydrogens is 245 g/mol. The first kappa shape index (κ1) is 14.3. The van der Waals surface area contributed by atoms with Gasteiger partial charge in [-0.15, -0.1) is 0 Å². The predicted octanol–water partition coefficient (Wildman–Crippen LogP) is 2.60. The van der Waals surface area contributed by atoms with Gasteiger partial charge < -0.3 is 0 Å². The van der Waals surface area contributed by atoms with E-state index in [1.54, 1.807) is 0 Å². The van der Waals surface area contributed by atoms with E-state index in [1.807, 2.05) is 13.8 Å². The van der Waals surface area contributed by atoms with Crippen molar-refractivity contribution in [2.24, 2.45) is 0 Å². The van der Waals surface area contributed by atoms with Crippen molar-refractivity contribution in [3.63, 3.8) is 0 Å². The predicted molar refractivity (Wildman–Crippen MR) is 59.9 cm³/mol. The van der Waals surface area contributed by atoms with E-state index in [-0.39, 0.29) is 0 Å². The Hall–Kier alpha value is 0.320. The van der Waals surface area contributed by atoms with Crippen molar-refractivity contribution in [1.29, 1.82) is 0 Å². The zero-order valence-corrected chi connectivity index (χ0v) is 10.8. The van der Waals surface area contributed by atoms with Gasteiger partial charge in [-0.25, -0.2) is 12.5 Å². The van der Waals surface area contributed by atoms with Crippen LogP contribution in [0.5, 0.6) is 0 Å². The third-order valence-corrected chi connectivity index (χ3v) is 4.31. The van der Waals surface area contributed by atoms with Crippen molar-refractivity contribution < 1.29 is 17.3 Å². The largest absolute Gasteiger partial charge is 0.457 e. The summed E-state index contributed by atoms with van der Waals surface area (Å²) in [5.41, 5.74) is 0. The van der Waals surface area contributed by atoms with E-state index in [2.05, 4.69) is 5.09 Å². The second-order valence-corrected chi connectivity index (χ2v) is 6.16. The molecule has 1 N–H and O–H groups in total. The van der Waals surface area contributed by atoms with Gasteiger partial charge in [0.1, 0.15) is 0 Å². The highest BCUT2D eigenvalue weighted by Crippen LogP contribution is 2.50. The van der Waals surface area contributed by atoms with Crippen molar-refractivity contribution in [2.75, 3.05) is 11.5 Å². The Morgan fingerprint density at radius 1 is 1.29 bits per heavy atom. The Kier molecular flexibility index (Phi) is 7.76. The van der Waals surface area contributed by atoms with Gasteiger partial charge in [-0.1, -0.05) is 13.8 Å². The lowest BCUT2D eigenvalue weighted by atomic mass is 10.8. The van der Waals surface area contributed by atoms with E-state index in [0.717, 1.165) is 24.1 Å². The first-order valence-corrected chi connectivity index (χ1v) is 7.41. The molecule has 0 unspecified atom stereocenters. The number of carbonyl (C=O) groups excluding carboxylic acids is 1. The number of hydrogen-bond acceptors (Lipinski definition) is 6. The molecule has 0 fully saturated rings. The van der Waals surface area contributed by atoms with E-state index < -0.39 is 13.7 Å². The summed E-state index contributed by atoms with van der Waals surface area (Å²) in [6, 6.07) is 0. The van der Waals surface area contributed by atoms with Crippen LogP contribution in [0.2, 0.25) is 0 Å². The Morgan fingerprint density at radius 3 is 2.00 bits per heavy atom. The van der Waals surface area contributed by atoms with E-state index in [0.29, 0.717) is 11.5 Å². The molecule has 0 aromatic rings. The highest BCUT2D eigenvalue weighted by molar-refractivity contribution is 8.01. The summed E-state index contributed by atoms with van der Waals surface area (Å²) in [7, 11) is -3.48. The maximum atomic E-state index is 11.7. The van der Waals surface area contributed by atoms with Crippen LogP contribution >= 0.6 is 31.8 Å². The molecule has 0 aliphatic heterocycles. The summed E-state index contributed by atoms with van der Waals surface area (Å²) in [5, 5.41) is 2.16. The van der Waals surface area contributed by atoms with E-state index >= 15 is 0 Å². The lowest BCUT2D eigenvalue weighted by Crippen LogP contribution is -2.17. The molecule has 0 saturated heterocycles. The topological polar surface area (TPSA) is 64.6 Å². The first-order chi connectivity index (χ1) is 6.54. The fraction of sp³-hybridized carbons (Fsp3) is 0.833. The molecule has 1 amide bonds. The van der Waals surface area contributed by atoms with Crippen LogP contribution in [0.25, 0.3) is 0 Å². The van der Waals surface area contributed by atoms with Gasteiger partial charge in [-0.3, -0.25) is 9.88 Å². The average Bonchev–Trinajstić information content (AvgIpc) is 2.11. The van der Waals surface area contributed by atoms with Gasteiger partial charge in [0.15, 0.2) is 0 Å². The van der Waals surface area contributed by atoms with Crippen molar-refractivity contribution >= 4 is 37.7 Å². The van der Waals surface area contributed by atoms with Gasteiger partial charge >= 0.3 is 7.75 Å². The molecule has 5 nitrogen and oxygen atoms in total. The molecule has 14 heavy (non-hydrogen) atoms. The van der Waals surface area contributed by atoms with Gasteiger partial charge in [-0.2, -0.15) is 0 Å². The normalized spacial score (nSPS) is 11.4. The molecule has 0 aliphatic carbocycles. The Morgan fingerprint density at radius 2 is 1.71 bits per heavy atom. The molecule has 0 aromatic carbocycles. The number of nitrogens with one attached hydrogen (secondary N) is 1. The van der Waals surface area contributed by atoms with Crippen LogP contribution in [0.1, 0.15) is 20.8 Å². The molecule has 0 atom stereocenters. The van der Waals surface area contributed by atoms with Crippen LogP contribution in [-0.2, 0) is 17.3 Å². The molecule has 0 aromatic heterocycles. The zero-order valence-electron chi connectivity index (χ0n) is 8.31. The number of amides is 1. The summed E-state index contributed by atoms with van der Waals surface area (Å²) in [4.78, 5) is 10.7. The Labute approximate surface area is 92.7 Å². The Balaban J connectivity index is 4.18. The summed E-state index contributed by atoms with van der Waals surface area (Å²) in [6.07, 6.45) is 0. The van der Waals surface area contributed by atoms with Gasteiger partial charge in [0.25, 0.3) is 0 Å². The second-order valence-electron chi connectivity index (χ2n) is 2.13. The lowest BCUT2D eigenvalue weighted by molar-refractivity contribution is -0.117. The highest BCUT2D eigenvalue weighted by atomic mass is 32.2. The van der Waals surface area contributed by atoms with Crippen LogP contribution in [0, 0.1) is 0 Å². The van der Waals surface area contributed by atoms with Gasteiger partial charge in [0.05, 0.1) is 0 Å².